The molecule has 0 spiro atoms. The summed E-state index contributed by atoms with van der Waals surface area (Å²) < 4.78 is 11.3. The lowest BCUT2D eigenvalue weighted by Crippen LogP contribution is -2.32. The second kappa shape index (κ2) is 11.6. The van der Waals surface area contributed by atoms with Gasteiger partial charge in [0.15, 0.2) is 0 Å². The number of hydrogen-bond donors (Lipinski definition) is 1. The van der Waals surface area contributed by atoms with Gasteiger partial charge in [-0.05, 0) is 67.1 Å². The Morgan fingerprint density at radius 2 is 1.74 bits per heavy atom. The molecule has 2 amide bonds. The quantitative estimate of drug-likeness (QED) is 0.187. The van der Waals surface area contributed by atoms with Gasteiger partial charge in [0, 0.05) is 26.4 Å². The number of aromatic nitrogens is 1. The van der Waals surface area contributed by atoms with Crippen molar-refractivity contribution in [3.05, 3.63) is 108 Å². The minimum Gasteiger partial charge on any atom is -0.489 e. The zero-order valence-electron chi connectivity index (χ0n) is 22.0. The molecule has 1 fully saturated rings. The van der Waals surface area contributed by atoms with Gasteiger partial charge in [-0.1, -0.05) is 58.4 Å². The summed E-state index contributed by atoms with van der Waals surface area (Å²) in [6.45, 7) is 2.14. The molecule has 8 nitrogen and oxygen atoms in total. The van der Waals surface area contributed by atoms with Gasteiger partial charge in [-0.15, -0.1) is 0 Å². The Labute approximate surface area is 258 Å². The molecular weight excluding hydrogens is 619 g/mol. The summed E-state index contributed by atoms with van der Waals surface area (Å²) in [5, 5.41) is 0.733. The number of esters is 1. The second-order valence-corrected chi connectivity index (χ2v) is 12.7. The van der Waals surface area contributed by atoms with Gasteiger partial charge in [-0.3, -0.25) is 14.4 Å². The molecule has 3 aromatic carbocycles. The standard InChI is InChI=1S/C30H22Cl2N2O6S2/c1-2-39-29(37)16-6-9-19(10-7-16)34-27(35)23-22(24-26(33-30(38)42-24)41-25(23)28(34)36)20-13-18(32)8-11-21(20)40-14-15-4-3-5-17(31)12-15/h3-13,22-23,25H,2,14H2,1H3,(H,33,38). The molecule has 0 saturated carbocycles. The molecule has 214 valence electrons. The van der Waals surface area contributed by atoms with Crippen LogP contribution in [0, 0.1) is 5.92 Å². The predicted octanol–water partition coefficient (Wildman–Crippen LogP) is 6.29. The Balaban J connectivity index is 1.39. The molecule has 6 rings (SSSR count). The molecule has 1 aromatic heterocycles. The number of nitrogens with zero attached hydrogens (tertiary/aromatic N) is 1. The summed E-state index contributed by atoms with van der Waals surface area (Å²) in [6.07, 6.45) is 0. The van der Waals surface area contributed by atoms with Crippen LogP contribution in [0.2, 0.25) is 10.0 Å². The number of carbonyl (C=O) groups is 3. The van der Waals surface area contributed by atoms with Gasteiger partial charge in [0.05, 0.1) is 28.8 Å². The van der Waals surface area contributed by atoms with E-state index in [4.69, 9.17) is 32.7 Å². The third-order valence-electron chi connectivity index (χ3n) is 7.05. The van der Waals surface area contributed by atoms with E-state index in [-0.39, 0.29) is 18.1 Å². The molecule has 0 aliphatic carbocycles. The maximum absolute atomic E-state index is 14.1. The Hall–Kier alpha value is -3.57. The number of amides is 2. The van der Waals surface area contributed by atoms with Crippen LogP contribution in [0.15, 0.2) is 76.6 Å². The molecular formula is C30H22Cl2N2O6S2. The first-order chi connectivity index (χ1) is 20.2. The zero-order chi connectivity index (χ0) is 29.5. The van der Waals surface area contributed by atoms with Crippen LogP contribution in [0.3, 0.4) is 0 Å². The third-order valence-corrected chi connectivity index (χ3v) is 9.92. The fourth-order valence-electron chi connectivity index (χ4n) is 5.25. The molecule has 3 heterocycles. The summed E-state index contributed by atoms with van der Waals surface area (Å²) in [5.74, 6) is -2.36. The minimum absolute atomic E-state index is 0.201. The fourth-order valence-corrected chi connectivity index (χ4v) is 8.15. The highest BCUT2D eigenvalue weighted by atomic mass is 35.5. The summed E-state index contributed by atoms with van der Waals surface area (Å²) in [6, 6.07) is 18.6. The number of ether oxygens (including phenoxy) is 2. The van der Waals surface area contributed by atoms with Crippen molar-refractivity contribution >= 4 is 69.8 Å². The number of nitrogens with one attached hydrogen (secondary N) is 1. The number of halogens is 2. The van der Waals surface area contributed by atoms with Crippen molar-refractivity contribution in [3.63, 3.8) is 0 Å². The van der Waals surface area contributed by atoms with E-state index in [1.807, 2.05) is 12.1 Å². The first-order valence-electron chi connectivity index (χ1n) is 13.0. The number of imide groups is 1. The summed E-state index contributed by atoms with van der Waals surface area (Å²) in [5.41, 5.74) is 2.09. The number of carbonyl (C=O) groups excluding carboxylic acids is 3. The largest absolute Gasteiger partial charge is 0.489 e. The average Bonchev–Trinajstić information content (AvgIpc) is 3.46. The number of H-pyrrole nitrogens is 1. The van der Waals surface area contributed by atoms with Gasteiger partial charge in [0.25, 0.3) is 0 Å². The summed E-state index contributed by atoms with van der Waals surface area (Å²) in [4.78, 5) is 56.9. The number of benzene rings is 3. The predicted molar refractivity (Wildman–Crippen MR) is 162 cm³/mol. The van der Waals surface area contributed by atoms with Gasteiger partial charge >= 0.3 is 10.8 Å². The molecule has 12 heteroatoms. The van der Waals surface area contributed by atoms with E-state index in [2.05, 4.69) is 4.98 Å². The maximum atomic E-state index is 14.1. The number of thiazole rings is 1. The van der Waals surface area contributed by atoms with Gasteiger partial charge in [0.2, 0.25) is 11.8 Å². The Morgan fingerprint density at radius 3 is 2.48 bits per heavy atom. The molecule has 0 bridgehead atoms. The Bertz CT molecular complexity index is 1770. The molecule has 1 N–H and O–H groups in total. The summed E-state index contributed by atoms with van der Waals surface area (Å²) in [7, 11) is 0. The SMILES string of the molecule is CCOC(=O)c1ccc(N2C(=O)C3Sc4[nH]c(=O)sc4C(c4cc(Cl)ccc4OCc4cccc(Cl)c4)C3C2=O)cc1. The van der Waals surface area contributed by atoms with Crippen molar-refractivity contribution < 1.29 is 23.9 Å². The minimum atomic E-state index is -0.835. The molecule has 3 atom stereocenters. The molecule has 2 aliphatic heterocycles. The third kappa shape index (κ3) is 5.24. The van der Waals surface area contributed by atoms with Gasteiger partial charge in [-0.2, -0.15) is 0 Å². The highest BCUT2D eigenvalue weighted by molar-refractivity contribution is 8.00. The van der Waals surface area contributed by atoms with Crippen LogP contribution in [-0.2, 0) is 20.9 Å². The van der Waals surface area contributed by atoms with Gasteiger partial charge in [-0.25, -0.2) is 9.69 Å². The monoisotopic (exact) mass is 640 g/mol. The second-order valence-electron chi connectivity index (χ2n) is 9.63. The molecule has 1 saturated heterocycles. The van der Waals surface area contributed by atoms with Crippen molar-refractivity contribution in [2.45, 2.75) is 29.7 Å². The lowest BCUT2D eigenvalue weighted by Gasteiger charge is -2.31. The van der Waals surface area contributed by atoms with Crippen molar-refractivity contribution in [2.24, 2.45) is 5.92 Å². The topological polar surface area (TPSA) is 106 Å². The normalized spacial score (nSPS) is 19.4. The van der Waals surface area contributed by atoms with E-state index in [0.29, 0.717) is 42.5 Å². The van der Waals surface area contributed by atoms with Crippen molar-refractivity contribution in [1.82, 2.24) is 4.98 Å². The van der Waals surface area contributed by atoms with Crippen LogP contribution in [-0.4, -0.2) is 34.6 Å². The number of thioether (sulfide) groups is 1. The molecule has 42 heavy (non-hydrogen) atoms. The van der Waals surface area contributed by atoms with Crippen molar-refractivity contribution in [2.75, 3.05) is 11.5 Å². The van der Waals surface area contributed by atoms with Gasteiger partial charge in [0.1, 0.15) is 17.6 Å². The highest BCUT2D eigenvalue weighted by Crippen LogP contribution is 2.54. The van der Waals surface area contributed by atoms with E-state index in [1.54, 1.807) is 49.4 Å². The van der Waals surface area contributed by atoms with E-state index in [0.717, 1.165) is 21.8 Å². The number of fused-ring (bicyclic) bond motifs is 2. The highest BCUT2D eigenvalue weighted by Gasteiger charge is 2.56. The number of aromatic amines is 1. The first kappa shape index (κ1) is 28.5. The van der Waals surface area contributed by atoms with Crippen molar-refractivity contribution in [1.29, 1.82) is 0 Å². The number of anilines is 1. The Kier molecular flexibility index (Phi) is 7.89. The smallest absolute Gasteiger partial charge is 0.338 e. The van der Waals surface area contributed by atoms with E-state index in [9.17, 15) is 19.2 Å². The molecule has 3 unspecified atom stereocenters. The number of rotatable bonds is 7. The van der Waals surface area contributed by atoms with Crippen LogP contribution in [0.4, 0.5) is 5.69 Å². The van der Waals surface area contributed by atoms with Crippen LogP contribution >= 0.6 is 46.3 Å². The average molecular weight is 642 g/mol. The first-order valence-corrected chi connectivity index (χ1v) is 15.4. The Morgan fingerprint density at radius 1 is 0.976 bits per heavy atom. The summed E-state index contributed by atoms with van der Waals surface area (Å²) >= 11 is 14.8. The molecule has 2 aliphatic rings. The maximum Gasteiger partial charge on any atom is 0.338 e. The van der Waals surface area contributed by atoms with Crippen LogP contribution in [0.25, 0.3) is 0 Å². The van der Waals surface area contributed by atoms with E-state index < -0.39 is 34.9 Å². The molecule has 4 aromatic rings. The van der Waals surface area contributed by atoms with E-state index >= 15 is 0 Å². The van der Waals surface area contributed by atoms with Crippen LogP contribution in [0.1, 0.15) is 39.2 Å². The lowest BCUT2D eigenvalue weighted by molar-refractivity contribution is -0.122. The zero-order valence-corrected chi connectivity index (χ0v) is 25.1. The van der Waals surface area contributed by atoms with Crippen molar-refractivity contribution in [3.8, 4) is 5.75 Å². The number of hydrogen-bond acceptors (Lipinski definition) is 8. The fraction of sp³-hybridized carbons (Fsp3) is 0.200. The van der Waals surface area contributed by atoms with Gasteiger partial charge < -0.3 is 14.5 Å². The lowest BCUT2D eigenvalue weighted by atomic mass is 9.82. The van der Waals surface area contributed by atoms with E-state index in [1.165, 1.54) is 23.9 Å². The van der Waals surface area contributed by atoms with Crippen LogP contribution < -0.4 is 14.5 Å². The molecule has 0 radical (unpaired) electrons. The van der Waals surface area contributed by atoms with Crippen LogP contribution in [0.5, 0.6) is 5.75 Å².